The molecule has 13 heavy (non-hydrogen) atoms. The highest BCUT2D eigenvalue weighted by Gasteiger charge is 2.31. The van der Waals surface area contributed by atoms with Crippen molar-refractivity contribution in [1.29, 1.82) is 0 Å². The summed E-state index contributed by atoms with van der Waals surface area (Å²) in [6.45, 7) is 4.52. The van der Waals surface area contributed by atoms with E-state index in [-0.39, 0.29) is 0 Å². The van der Waals surface area contributed by atoms with E-state index < -0.39 is 0 Å². The molecule has 2 aliphatic rings. The van der Waals surface area contributed by atoms with Crippen molar-refractivity contribution < 1.29 is 0 Å². The lowest BCUT2D eigenvalue weighted by molar-refractivity contribution is 0.181. The average molecular weight is 182 g/mol. The lowest BCUT2D eigenvalue weighted by Crippen LogP contribution is -2.41. The molecule has 2 fully saturated rings. The summed E-state index contributed by atoms with van der Waals surface area (Å²) in [7, 11) is 0. The minimum Gasteiger partial charge on any atom is -0.329 e. The zero-order valence-electron chi connectivity index (χ0n) is 8.71. The van der Waals surface area contributed by atoms with Gasteiger partial charge in [-0.2, -0.15) is 0 Å². The van der Waals surface area contributed by atoms with Gasteiger partial charge in [-0.1, -0.05) is 12.8 Å². The lowest BCUT2D eigenvalue weighted by atomic mass is 10.1. The molecule has 1 aliphatic heterocycles. The van der Waals surface area contributed by atoms with Crippen LogP contribution in [0.5, 0.6) is 0 Å². The standard InChI is InChI=1S/C11H22N2/c1-9(7-10-4-5-10)13-6-2-3-11(13)8-12/h9-11H,2-8,12H2,1H3. The van der Waals surface area contributed by atoms with Crippen molar-refractivity contribution in [2.24, 2.45) is 11.7 Å². The third kappa shape index (κ3) is 2.23. The van der Waals surface area contributed by atoms with Crippen molar-refractivity contribution >= 4 is 0 Å². The fraction of sp³-hybridized carbons (Fsp3) is 1.00. The summed E-state index contributed by atoms with van der Waals surface area (Å²) >= 11 is 0. The third-order valence-corrected chi connectivity index (χ3v) is 3.63. The van der Waals surface area contributed by atoms with Crippen LogP contribution in [0, 0.1) is 5.92 Å². The second-order valence-electron chi connectivity index (χ2n) is 4.80. The molecule has 0 aromatic carbocycles. The zero-order chi connectivity index (χ0) is 9.26. The van der Waals surface area contributed by atoms with Crippen LogP contribution in [0.15, 0.2) is 0 Å². The molecule has 2 nitrogen and oxygen atoms in total. The first-order valence-corrected chi connectivity index (χ1v) is 5.77. The SMILES string of the molecule is CC(CC1CC1)N1CCCC1CN. The van der Waals surface area contributed by atoms with Gasteiger partial charge in [0.25, 0.3) is 0 Å². The summed E-state index contributed by atoms with van der Waals surface area (Å²) in [6, 6.07) is 1.47. The Morgan fingerprint density at radius 1 is 1.38 bits per heavy atom. The van der Waals surface area contributed by atoms with Crippen LogP contribution in [0.2, 0.25) is 0 Å². The summed E-state index contributed by atoms with van der Waals surface area (Å²) in [5.74, 6) is 1.05. The van der Waals surface area contributed by atoms with E-state index in [9.17, 15) is 0 Å². The molecule has 2 heteroatoms. The number of hydrogen-bond acceptors (Lipinski definition) is 2. The first kappa shape index (κ1) is 9.47. The van der Waals surface area contributed by atoms with Gasteiger partial charge in [0.1, 0.15) is 0 Å². The van der Waals surface area contributed by atoms with E-state index in [0.717, 1.165) is 18.5 Å². The molecule has 2 rings (SSSR count). The van der Waals surface area contributed by atoms with Crippen LogP contribution in [0.4, 0.5) is 0 Å². The first-order valence-electron chi connectivity index (χ1n) is 5.77. The number of hydrogen-bond donors (Lipinski definition) is 1. The van der Waals surface area contributed by atoms with Crippen LogP contribution in [0.1, 0.15) is 39.0 Å². The Morgan fingerprint density at radius 2 is 2.15 bits per heavy atom. The molecule has 0 amide bonds. The highest BCUT2D eigenvalue weighted by molar-refractivity contribution is 4.86. The normalized spacial score (nSPS) is 32.3. The van der Waals surface area contributed by atoms with Crippen LogP contribution < -0.4 is 5.73 Å². The molecule has 0 bridgehead atoms. The summed E-state index contributed by atoms with van der Waals surface area (Å²) in [6.07, 6.45) is 7.05. The van der Waals surface area contributed by atoms with E-state index in [1.165, 1.54) is 38.6 Å². The molecule has 2 atom stereocenters. The topological polar surface area (TPSA) is 29.3 Å². The maximum Gasteiger partial charge on any atom is 0.0221 e. The van der Waals surface area contributed by atoms with Crippen molar-refractivity contribution in [3.8, 4) is 0 Å². The number of likely N-dealkylation sites (tertiary alicyclic amines) is 1. The largest absolute Gasteiger partial charge is 0.329 e. The van der Waals surface area contributed by atoms with Gasteiger partial charge < -0.3 is 5.73 Å². The van der Waals surface area contributed by atoms with Gasteiger partial charge in [-0.15, -0.1) is 0 Å². The summed E-state index contributed by atoms with van der Waals surface area (Å²) in [4.78, 5) is 2.64. The van der Waals surface area contributed by atoms with Gasteiger partial charge in [0.05, 0.1) is 0 Å². The quantitative estimate of drug-likeness (QED) is 0.715. The highest BCUT2D eigenvalue weighted by atomic mass is 15.2. The van der Waals surface area contributed by atoms with Gasteiger partial charge in [-0.25, -0.2) is 0 Å². The second-order valence-corrected chi connectivity index (χ2v) is 4.80. The molecule has 76 valence electrons. The Balaban J connectivity index is 1.82. The molecule has 2 unspecified atom stereocenters. The van der Waals surface area contributed by atoms with Crippen molar-refractivity contribution in [3.05, 3.63) is 0 Å². The van der Waals surface area contributed by atoms with Crippen molar-refractivity contribution in [2.45, 2.75) is 51.1 Å². The van der Waals surface area contributed by atoms with E-state index in [4.69, 9.17) is 5.73 Å². The Bertz CT molecular complexity index is 165. The number of nitrogens with zero attached hydrogens (tertiary/aromatic N) is 1. The van der Waals surface area contributed by atoms with Crippen LogP contribution in [0.3, 0.4) is 0 Å². The molecule has 1 heterocycles. The summed E-state index contributed by atoms with van der Waals surface area (Å²) in [5.41, 5.74) is 5.77. The summed E-state index contributed by atoms with van der Waals surface area (Å²) < 4.78 is 0. The first-order chi connectivity index (χ1) is 6.31. The van der Waals surface area contributed by atoms with E-state index >= 15 is 0 Å². The zero-order valence-corrected chi connectivity index (χ0v) is 8.71. The molecule has 0 radical (unpaired) electrons. The lowest BCUT2D eigenvalue weighted by Gasteiger charge is -2.30. The Hall–Kier alpha value is -0.0800. The van der Waals surface area contributed by atoms with Gasteiger partial charge in [0.2, 0.25) is 0 Å². The van der Waals surface area contributed by atoms with Crippen LogP contribution in [-0.2, 0) is 0 Å². The Morgan fingerprint density at radius 3 is 2.77 bits per heavy atom. The van der Waals surface area contributed by atoms with Gasteiger partial charge >= 0.3 is 0 Å². The van der Waals surface area contributed by atoms with Gasteiger partial charge in [0.15, 0.2) is 0 Å². The average Bonchev–Trinajstić information content (AvgIpc) is 2.82. The van der Waals surface area contributed by atoms with E-state index in [0.29, 0.717) is 6.04 Å². The van der Waals surface area contributed by atoms with Crippen molar-refractivity contribution in [2.75, 3.05) is 13.1 Å². The van der Waals surface area contributed by atoms with Crippen molar-refractivity contribution in [1.82, 2.24) is 4.90 Å². The maximum atomic E-state index is 5.77. The monoisotopic (exact) mass is 182 g/mol. The van der Waals surface area contributed by atoms with Crippen LogP contribution in [-0.4, -0.2) is 30.1 Å². The Labute approximate surface area is 81.5 Å². The van der Waals surface area contributed by atoms with E-state index in [1.54, 1.807) is 0 Å². The van der Waals surface area contributed by atoms with Crippen molar-refractivity contribution in [3.63, 3.8) is 0 Å². The number of nitrogens with two attached hydrogens (primary N) is 1. The molecule has 1 aliphatic carbocycles. The molecule has 1 saturated heterocycles. The predicted molar refractivity (Wildman–Crippen MR) is 55.6 cm³/mol. The van der Waals surface area contributed by atoms with Gasteiger partial charge in [-0.05, 0) is 38.6 Å². The predicted octanol–water partition coefficient (Wildman–Crippen LogP) is 1.60. The fourth-order valence-corrected chi connectivity index (χ4v) is 2.66. The minimum atomic E-state index is 0.689. The van der Waals surface area contributed by atoms with E-state index in [1.807, 2.05) is 0 Å². The van der Waals surface area contributed by atoms with Crippen LogP contribution >= 0.6 is 0 Å². The third-order valence-electron chi connectivity index (χ3n) is 3.63. The summed E-state index contributed by atoms with van der Waals surface area (Å²) in [5, 5.41) is 0. The molecule has 0 aromatic heterocycles. The highest BCUT2D eigenvalue weighted by Crippen LogP contribution is 2.35. The number of rotatable bonds is 4. The Kier molecular flexibility index (Phi) is 2.89. The minimum absolute atomic E-state index is 0.689. The van der Waals surface area contributed by atoms with Crippen LogP contribution in [0.25, 0.3) is 0 Å². The molecule has 2 N–H and O–H groups in total. The molecule has 1 saturated carbocycles. The van der Waals surface area contributed by atoms with Gasteiger partial charge in [0, 0.05) is 18.6 Å². The maximum absolute atomic E-state index is 5.77. The fourth-order valence-electron chi connectivity index (χ4n) is 2.66. The second kappa shape index (κ2) is 3.97. The van der Waals surface area contributed by atoms with E-state index in [2.05, 4.69) is 11.8 Å². The molecular weight excluding hydrogens is 160 g/mol. The smallest absolute Gasteiger partial charge is 0.0221 e. The van der Waals surface area contributed by atoms with Gasteiger partial charge in [-0.3, -0.25) is 4.90 Å². The molecule has 0 aromatic rings. The molecule has 0 spiro atoms. The molecular formula is C11H22N2.